The van der Waals surface area contributed by atoms with Gasteiger partial charge < -0.3 is 10.2 Å². The lowest BCUT2D eigenvalue weighted by Crippen LogP contribution is -2.49. The van der Waals surface area contributed by atoms with Crippen molar-refractivity contribution in [2.75, 3.05) is 6.54 Å². The van der Waals surface area contributed by atoms with E-state index in [-0.39, 0.29) is 49.2 Å². The van der Waals surface area contributed by atoms with Gasteiger partial charge >= 0.3 is 0 Å². The standard InChI is InChI=1S/C27H30ClN3O4/c1-18(25(33)29-21-10-2-3-11-21)31(17-19-8-6-9-20(28)16-19)24(32)14-7-15-30-26(34)22-12-4-5-13-23(22)27(30)35/h4-6,8-9,12-13,16,18,21H,2-3,7,10-11,14-15,17H2,1H3,(H,29,33)/t18-/m0/s1. The van der Waals surface area contributed by atoms with Crippen LogP contribution in [0.2, 0.25) is 5.02 Å². The van der Waals surface area contributed by atoms with Crippen LogP contribution in [0.25, 0.3) is 0 Å². The highest BCUT2D eigenvalue weighted by atomic mass is 35.5. The number of carbonyl (C=O) groups is 4. The van der Waals surface area contributed by atoms with E-state index in [1.165, 1.54) is 4.90 Å². The Hall–Kier alpha value is -3.19. The van der Waals surface area contributed by atoms with Crippen molar-refractivity contribution in [2.24, 2.45) is 0 Å². The van der Waals surface area contributed by atoms with Crippen molar-refractivity contribution < 1.29 is 19.2 Å². The first kappa shape index (κ1) is 24.9. The molecule has 1 heterocycles. The normalized spacial score (nSPS) is 16.3. The molecule has 35 heavy (non-hydrogen) atoms. The lowest BCUT2D eigenvalue weighted by molar-refractivity contribution is -0.141. The second-order valence-electron chi connectivity index (χ2n) is 9.23. The van der Waals surface area contributed by atoms with Crippen LogP contribution in [-0.2, 0) is 16.1 Å². The maximum Gasteiger partial charge on any atom is 0.261 e. The number of benzene rings is 2. The van der Waals surface area contributed by atoms with Crippen molar-refractivity contribution in [3.8, 4) is 0 Å². The van der Waals surface area contributed by atoms with E-state index < -0.39 is 6.04 Å². The van der Waals surface area contributed by atoms with E-state index >= 15 is 0 Å². The van der Waals surface area contributed by atoms with Gasteiger partial charge in [-0.05, 0) is 56.0 Å². The van der Waals surface area contributed by atoms with Gasteiger partial charge in [0.2, 0.25) is 11.8 Å². The summed E-state index contributed by atoms with van der Waals surface area (Å²) < 4.78 is 0. The summed E-state index contributed by atoms with van der Waals surface area (Å²) in [6.45, 7) is 2.12. The second-order valence-corrected chi connectivity index (χ2v) is 9.67. The van der Waals surface area contributed by atoms with Crippen LogP contribution in [0.5, 0.6) is 0 Å². The molecular formula is C27H30ClN3O4. The molecule has 1 saturated carbocycles. The Morgan fingerprint density at radius 2 is 1.71 bits per heavy atom. The third kappa shape index (κ3) is 5.73. The van der Waals surface area contributed by atoms with Crippen LogP contribution >= 0.6 is 11.6 Å². The molecule has 0 bridgehead atoms. The number of nitrogens with one attached hydrogen (secondary N) is 1. The first-order valence-corrected chi connectivity index (χ1v) is 12.5. The van der Waals surface area contributed by atoms with Gasteiger partial charge in [0.05, 0.1) is 11.1 Å². The lowest BCUT2D eigenvalue weighted by atomic mass is 10.1. The molecule has 1 N–H and O–H groups in total. The van der Waals surface area contributed by atoms with E-state index in [9.17, 15) is 19.2 Å². The first-order chi connectivity index (χ1) is 16.8. The maximum atomic E-state index is 13.3. The zero-order valence-corrected chi connectivity index (χ0v) is 20.6. The Labute approximate surface area is 210 Å². The van der Waals surface area contributed by atoms with E-state index in [1.54, 1.807) is 48.2 Å². The van der Waals surface area contributed by atoms with Crippen LogP contribution in [0.3, 0.4) is 0 Å². The van der Waals surface area contributed by atoms with Gasteiger partial charge in [0.1, 0.15) is 6.04 Å². The van der Waals surface area contributed by atoms with Crippen molar-refractivity contribution in [3.05, 3.63) is 70.2 Å². The molecule has 2 aliphatic rings. The molecule has 2 aromatic carbocycles. The minimum atomic E-state index is -0.665. The number of carbonyl (C=O) groups excluding carboxylic acids is 4. The number of rotatable bonds is 9. The van der Waals surface area contributed by atoms with Gasteiger partial charge in [-0.3, -0.25) is 24.1 Å². The summed E-state index contributed by atoms with van der Waals surface area (Å²) in [4.78, 5) is 54.2. The summed E-state index contributed by atoms with van der Waals surface area (Å²) in [5, 5.41) is 3.64. The minimum absolute atomic E-state index is 0.106. The van der Waals surface area contributed by atoms with Crippen LogP contribution in [0.1, 0.15) is 71.7 Å². The van der Waals surface area contributed by atoms with Gasteiger partial charge in [-0.1, -0.05) is 48.7 Å². The molecule has 0 radical (unpaired) electrons. The number of nitrogens with zero attached hydrogens (tertiary/aromatic N) is 2. The molecule has 0 unspecified atom stereocenters. The highest BCUT2D eigenvalue weighted by molar-refractivity contribution is 6.30. The van der Waals surface area contributed by atoms with E-state index in [1.807, 2.05) is 12.1 Å². The predicted octanol–water partition coefficient (Wildman–Crippen LogP) is 4.19. The zero-order chi connectivity index (χ0) is 24.9. The molecule has 1 fully saturated rings. The largest absolute Gasteiger partial charge is 0.352 e. The minimum Gasteiger partial charge on any atom is -0.352 e. The summed E-state index contributed by atoms with van der Waals surface area (Å²) in [5.74, 6) is -1.06. The molecule has 0 aromatic heterocycles. The van der Waals surface area contributed by atoms with E-state index in [0.29, 0.717) is 22.6 Å². The highest BCUT2D eigenvalue weighted by Gasteiger charge is 2.35. The second kappa shape index (κ2) is 11.0. The summed E-state index contributed by atoms with van der Waals surface area (Å²) in [7, 11) is 0. The average Bonchev–Trinajstić information content (AvgIpc) is 3.44. The summed E-state index contributed by atoms with van der Waals surface area (Å²) in [6.07, 6.45) is 4.54. The molecule has 1 atom stereocenters. The molecule has 1 aliphatic carbocycles. The summed E-state index contributed by atoms with van der Waals surface area (Å²) in [6, 6.07) is 13.4. The topological polar surface area (TPSA) is 86.8 Å². The van der Waals surface area contributed by atoms with Gasteiger partial charge in [-0.2, -0.15) is 0 Å². The average molecular weight is 496 g/mol. The molecule has 184 valence electrons. The van der Waals surface area contributed by atoms with Crippen LogP contribution < -0.4 is 5.32 Å². The molecular weight excluding hydrogens is 466 g/mol. The zero-order valence-electron chi connectivity index (χ0n) is 19.8. The molecule has 0 spiro atoms. The van der Waals surface area contributed by atoms with Crippen molar-refractivity contribution in [3.63, 3.8) is 0 Å². The number of hydrogen-bond acceptors (Lipinski definition) is 4. The Morgan fingerprint density at radius 1 is 1.06 bits per heavy atom. The van der Waals surface area contributed by atoms with E-state index in [2.05, 4.69) is 5.32 Å². The number of hydrogen-bond donors (Lipinski definition) is 1. The van der Waals surface area contributed by atoms with Crippen molar-refractivity contribution in [1.82, 2.24) is 15.1 Å². The Kier molecular flexibility index (Phi) is 7.86. The van der Waals surface area contributed by atoms with Crippen LogP contribution in [0, 0.1) is 0 Å². The fourth-order valence-corrected chi connectivity index (χ4v) is 4.99. The van der Waals surface area contributed by atoms with Crippen LogP contribution in [0.15, 0.2) is 48.5 Å². The molecule has 1 aliphatic heterocycles. The predicted molar refractivity (Wildman–Crippen MR) is 133 cm³/mol. The molecule has 4 rings (SSSR count). The fraction of sp³-hybridized carbons (Fsp3) is 0.407. The molecule has 4 amide bonds. The van der Waals surface area contributed by atoms with Gasteiger partial charge in [0, 0.05) is 30.6 Å². The van der Waals surface area contributed by atoms with Crippen molar-refractivity contribution in [2.45, 2.75) is 64.1 Å². The van der Waals surface area contributed by atoms with E-state index in [4.69, 9.17) is 11.6 Å². The molecule has 0 saturated heterocycles. The Balaban J connectivity index is 1.41. The summed E-state index contributed by atoms with van der Waals surface area (Å²) in [5.41, 5.74) is 1.61. The monoisotopic (exact) mass is 495 g/mol. The van der Waals surface area contributed by atoms with Gasteiger partial charge in [-0.25, -0.2) is 0 Å². The van der Waals surface area contributed by atoms with Crippen LogP contribution in [-0.4, -0.2) is 52.1 Å². The number of fused-ring (bicyclic) bond motifs is 1. The van der Waals surface area contributed by atoms with Crippen molar-refractivity contribution >= 4 is 35.2 Å². The highest BCUT2D eigenvalue weighted by Crippen LogP contribution is 2.23. The van der Waals surface area contributed by atoms with Crippen LogP contribution in [0.4, 0.5) is 0 Å². The first-order valence-electron chi connectivity index (χ1n) is 12.1. The number of imide groups is 1. The fourth-order valence-electron chi connectivity index (χ4n) is 4.78. The third-order valence-electron chi connectivity index (χ3n) is 6.76. The smallest absolute Gasteiger partial charge is 0.261 e. The van der Waals surface area contributed by atoms with Gasteiger partial charge in [-0.15, -0.1) is 0 Å². The molecule has 7 nitrogen and oxygen atoms in total. The molecule has 2 aromatic rings. The third-order valence-corrected chi connectivity index (χ3v) is 7.00. The molecule has 8 heteroatoms. The number of halogens is 1. The Bertz CT molecular complexity index is 1090. The van der Waals surface area contributed by atoms with E-state index in [0.717, 1.165) is 31.2 Å². The number of amides is 4. The Morgan fingerprint density at radius 3 is 2.34 bits per heavy atom. The lowest BCUT2D eigenvalue weighted by Gasteiger charge is -2.30. The van der Waals surface area contributed by atoms with Gasteiger partial charge in [0.25, 0.3) is 11.8 Å². The SMILES string of the molecule is C[C@@H](C(=O)NC1CCCC1)N(Cc1cccc(Cl)c1)C(=O)CCCN1C(=O)c2ccccc2C1=O. The maximum absolute atomic E-state index is 13.3. The van der Waals surface area contributed by atoms with Crippen molar-refractivity contribution in [1.29, 1.82) is 0 Å². The summed E-state index contributed by atoms with van der Waals surface area (Å²) >= 11 is 6.13. The van der Waals surface area contributed by atoms with Gasteiger partial charge in [0.15, 0.2) is 0 Å². The quantitative estimate of drug-likeness (QED) is 0.528.